The average Bonchev–Trinajstić information content (AvgIpc) is 2.51. The molecule has 136 valence electrons. The molecule has 1 unspecified atom stereocenters. The summed E-state index contributed by atoms with van der Waals surface area (Å²) >= 11 is 0. The molecule has 0 aromatic heterocycles. The maximum absolute atomic E-state index is 10.2. The zero-order valence-electron chi connectivity index (χ0n) is 16.5. The second-order valence-corrected chi connectivity index (χ2v) is 7.56. The van der Waals surface area contributed by atoms with E-state index >= 15 is 0 Å². The van der Waals surface area contributed by atoms with Crippen LogP contribution in [0.25, 0.3) is 0 Å². The van der Waals surface area contributed by atoms with Gasteiger partial charge >= 0.3 is 0 Å². The van der Waals surface area contributed by atoms with E-state index in [0.717, 1.165) is 12.0 Å². The van der Waals surface area contributed by atoms with Crippen molar-refractivity contribution in [1.29, 1.82) is 0 Å². The van der Waals surface area contributed by atoms with Gasteiger partial charge in [-0.25, -0.2) is 0 Å². The molecular weight excluding hydrogens is 296 g/mol. The molecule has 2 heteroatoms. The number of aliphatic hydroxyl groups is 1. The second-order valence-electron chi connectivity index (χ2n) is 7.56. The Morgan fingerprint density at radius 2 is 2.00 bits per heavy atom. The molecule has 0 saturated carbocycles. The van der Waals surface area contributed by atoms with Crippen LogP contribution in [-0.4, -0.2) is 24.4 Å². The van der Waals surface area contributed by atoms with Gasteiger partial charge in [0, 0.05) is 6.61 Å². The van der Waals surface area contributed by atoms with Crippen molar-refractivity contribution in [1.82, 2.24) is 0 Å². The van der Waals surface area contributed by atoms with Crippen molar-refractivity contribution in [2.45, 2.75) is 73.3 Å². The van der Waals surface area contributed by atoms with Crippen LogP contribution in [-0.2, 0) is 4.74 Å². The molecule has 0 aromatic rings. The summed E-state index contributed by atoms with van der Waals surface area (Å²) in [6.07, 6.45) is 12.4. The molecule has 1 N–H and O–H groups in total. The number of allylic oxidation sites excluding steroid dienone is 5. The van der Waals surface area contributed by atoms with Crippen molar-refractivity contribution in [3.63, 3.8) is 0 Å². The Morgan fingerprint density at radius 1 is 1.29 bits per heavy atom. The molecule has 0 fully saturated rings. The summed E-state index contributed by atoms with van der Waals surface area (Å²) in [6, 6.07) is 0. The van der Waals surface area contributed by atoms with Crippen LogP contribution in [0.4, 0.5) is 0 Å². The van der Waals surface area contributed by atoms with Gasteiger partial charge in [-0.3, -0.25) is 0 Å². The van der Waals surface area contributed by atoms with Gasteiger partial charge in [-0.2, -0.15) is 0 Å². The molecule has 0 heterocycles. The number of ether oxygens (including phenoxy) is 1. The molecular formula is C22H36O2. The highest BCUT2D eigenvalue weighted by Gasteiger charge is 2.27. The van der Waals surface area contributed by atoms with Crippen LogP contribution in [0.5, 0.6) is 0 Å². The van der Waals surface area contributed by atoms with Gasteiger partial charge in [0.25, 0.3) is 0 Å². The van der Waals surface area contributed by atoms with Gasteiger partial charge in [-0.15, -0.1) is 0 Å². The zero-order valence-corrected chi connectivity index (χ0v) is 16.5. The standard InChI is InChI=1S/C22H36O2/c1-7-24-16-14-19(4)21(23)13-11-17(2)10-12-20-18(3)9-8-15-22(20,5)6/h10-11,13-14,21,23H,7-9,12,15-16H2,1-6H3/b13-11+,17-10+,19-14+. The van der Waals surface area contributed by atoms with Crippen molar-refractivity contribution < 1.29 is 9.84 Å². The summed E-state index contributed by atoms with van der Waals surface area (Å²) in [5.41, 5.74) is 5.61. The largest absolute Gasteiger partial charge is 0.385 e. The van der Waals surface area contributed by atoms with Gasteiger partial charge in [0.15, 0.2) is 0 Å². The first-order chi connectivity index (χ1) is 11.3. The van der Waals surface area contributed by atoms with E-state index < -0.39 is 6.10 Å². The molecule has 0 bridgehead atoms. The highest BCUT2D eigenvalue weighted by molar-refractivity contribution is 5.28. The van der Waals surface area contributed by atoms with Crippen LogP contribution in [0.2, 0.25) is 0 Å². The number of hydrogen-bond donors (Lipinski definition) is 1. The van der Waals surface area contributed by atoms with E-state index in [9.17, 15) is 5.11 Å². The summed E-state index contributed by atoms with van der Waals surface area (Å²) in [6.45, 7) is 14.3. The summed E-state index contributed by atoms with van der Waals surface area (Å²) in [5.74, 6) is 0. The highest BCUT2D eigenvalue weighted by Crippen LogP contribution is 2.41. The molecule has 0 aliphatic heterocycles. The van der Waals surface area contributed by atoms with Crippen LogP contribution < -0.4 is 0 Å². The lowest BCUT2D eigenvalue weighted by molar-refractivity contribution is 0.175. The number of rotatable bonds is 8. The molecule has 0 radical (unpaired) electrons. The minimum Gasteiger partial charge on any atom is -0.385 e. The average molecular weight is 333 g/mol. The third-order valence-corrected chi connectivity index (χ3v) is 5.05. The smallest absolute Gasteiger partial charge is 0.0933 e. The van der Waals surface area contributed by atoms with Crippen LogP contribution in [0.1, 0.15) is 67.2 Å². The maximum atomic E-state index is 10.2. The first-order valence-corrected chi connectivity index (χ1v) is 9.24. The molecule has 0 aromatic carbocycles. The minimum absolute atomic E-state index is 0.320. The van der Waals surface area contributed by atoms with Gasteiger partial charge in [0.2, 0.25) is 0 Å². The Bertz CT molecular complexity index is 518. The fraction of sp³-hybridized carbons (Fsp3) is 0.636. The maximum Gasteiger partial charge on any atom is 0.0933 e. The van der Waals surface area contributed by atoms with Crippen LogP contribution in [0.3, 0.4) is 0 Å². The normalized spacial score (nSPS) is 20.8. The van der Waals surface area contributed by atoms with E-state index in [1.165, 1.54) is 24.8 Å². The predicted molar refractivity (Wildman–Crippen MR) is 104 cm³/mol. The van der Waals surface area contributed by atoms with Gasteiger partial charge in [0.1, 0.15) is 0 Å². The quantitative estimate of drug-likeness (QED) is 0.348. The number of hydrogen-bond acceptors (Lipinski definition) is 2. The van der Waals surface area contributed by atoms with E-state index in [4.69, 9.17) is 4.74 Å². The van der Waals surface area contributed by atoms with Crippen LogP contribution in [0.15, 0.2) is 46.6 Å². The van der Waals surface area contributed by atoms with Crippen LogP contribution in [0, 0.1) is 5.41 Å². The molecule has 1 atom stereocenters. The molecule has 1 aliphatic rings. The summed E-state index contributed by atoms with van der Waals surface area (Å²) in [5, 5.41) is 10.2. The monoisotopic (exact) mass is 332 g/mol. The molecule has 0 amide bonds. The Kier molecular flexibility index (Phi) is 8.72. The SMILES string of the molecule is CCOC/C=C(\C)C(O)/C=C/C(C)=C/CC1=C(C)CCCC1(C)C. The Labute approximate surface area is 149 Å². The summed E-state index contributed by atoms with van der Waals surface area (Å²) < 4.78 is 5.29. The fourth-order valence-corrected chi connectivity index (χ4v) is 3.28. The van der Waals surface area contributed by atoms with Crippen molar-refractivity contribution in [2.75, 3.05) is 13.2 Å². The predicted octanol–water partition coefficient (Wildman–Crippen LogP) is 5.75. The Morgan fingerprint density at radius 3 is 2.62 bits per heavy atom. The molecule has 24 heavy (non-hydrogen) atoms. The molecule has 1 aliphatic carbocycles. The van der Waals surface area contributed by atoms with Crippen molar-refractivity contribution >= 4 is 0 Å². The molecule has 2 nitrogen and oxygen atoms in total. The lowest BCUT2D eigenvalue weighted by Crippen LogP contribution is -2.20. The second kappa shape index (κ2) is 10.0. The van der Waals surface area contributed by atoms with Gasteiger partial charge < -0.3 is 9.84 Å². The Hall–Kier alpha value is -1.12. The molecule has 1 rings (SSSR count). The third-order valence-electron chi connectivity index (χ3n) is 5.05. The fourth-order valence-electron chi connectivity index (χ4n) is 3.28. The van der Waals surface area contributed by atoms with Crippen molar-refractivity contribution in [2.24, 2.45) is 5.41 Å². The molecule has 0 spiro atoms. The van der Waals surface area contributed by atoms with E-state index in [0.29, 0.717) is 18.6 Å². The van der Waals surface area contributed by atoms with E-state index in [2.05, 4.69) is 33.8 Å². The zero-order chi connectivity index (χ0) is 18.2. The van der Waals surface area contributed by atoms with E-state index in [-0.39, 0.29) is 0 Å². The summed E-state index contributed by atoms with van der Waals surface area (Å²) in [4.78, 5) is 0. The lowest BCUT2D eigenvalue weighted by atomic mass is 9.71. The Balaban J connectivity index is 2.65. The van der Waals surface area contributed by atoms with Crippen LogP contribution >= 0.6 is 0 Å². The summed E-state index contributed by atoms with van der Waals surface area (Å²) in [7, 11) is 0. The van der Waals surface area contributed by atoms with Crippen molar-refractivity contribution in [3.05, 3.63) is 46.6 Å². The first-order valence-electron chi connectivity index (χ1n) is 9.24. The topological polar surface area (TPSA) is 29.5 Å². The van der Waals surface area contributed by atoms with Gasteiger partial charge in [-0.05, 0) is 64.4 Å². The molecule has 0 saturated heterocycles. The van der Waals surface area contributed by atoms with E-state index in [1.54, 1.807) is 11.1 Å². The van der Waals surface area contributed by atoms with E-state index in [1.807, 2.05) is 32.1 Å². The van der Waals surface area contributed by atoms with Gasteiger partial charge in [0.05, 0.1) is 12.7 Å². The highest BCUT2D eigenvalue weighted by atomic mass is 16.5. The van der Waals surface area contributed by atoms with Gasteiger partial charge in [-0.1, -0.05) is 54.9 Å². The third kappa shape index (κ3) is 6.78. The van der Waals surface area contributed by atoms with Crippen molar-refractivity contribution in [3.8, 4) is 0 Å². The lowest BCUT2D eigenvalue weighted by Gasteiger charge is -2.34. The first kappa shape index (κ1) is 20.9. The number of aliphatic hydroxyl groups excluding tert-OH is 1. The minimum atomic E-state index is -0.541.